The molecular weight excluding hydrogens is 396 g/mol. The Balaban J connectivity index is 2.23. The third-order valence-electron chi connectivity index (χ3n) is 4.25. The number of anilines is 1. The van der Waals surface area contributed by atoms with E-state index in [1.54, 1.807) is 0 Å². The number of ether oxygens (including phenoxy) is 1. The molecule has 10 nitrogen and oxygen atoms in total. The standard InChI is InChI=1S/C15H25F2N5O5Si/c1-28(2,3)7-6-27-11-21-13(12(8-18-21)22(25)26)19-4-5-20(14(23)24)10-15(16,17)9-19/h8H,4-7,9-11H2,1-3H3,(H,23,24). The number of aromatic nitrogens is 2. The first-order valence-electron chi connectivity index (χ1n) is 8.78. The largest absolute Gasteiger partial charge is 0.465 e. The van der Waals surface area contributed by atoms with Gasteiger partial charge >= 0.3 is 11.8 Å². The predicted octanol–water partition coefficient (Wildman–Crippen LogP) is 2.54. The number of carboxylic acid groups (broad SMARTS) is 1. The van der Waals surface area contributed by atoms with Crippen LogP contribution in [0.4, 0.5) is 25.1 Å². The van der Waals surface area contributed by atoms with E-state index in [2.05, 4.69) is 24.7 Å². The van der Waals surface area contributed by atoms with Crippen molar-refractivity contribution < 1.29 is 28.3 Å². The lowest BCUT2D eigenvalue weighted by Crippen LogP contribution is -2.41. The van der Waals surface area contributed by atoms with Crippen molar-refractivity contribution in [1.29, 1.82) is 0 Å². The van der Waals surface area contributed by atoms with Crippen molar-refractivity contribution in [2.75, 3.05) is 37.7 Å². The maximum atomic E-state index is 14.2. The summed E-state index contributed by atoms with van der Waals surface area (Å²) in [6.45, 7) is 4.71. The number of hydrogen-bond donors (Lipinski definition) is 1. The molecule has 1 fully saturated rings. The molecule has 1 saturated heterocycles. The molecule has 0 saturated carbocycles. The number of alkyl halides is 2. The van der Waals surface area contributed by atoms with E-state index in [-0.39, 0.29) is 25.6 Å². The van der Waals surface area contributed by atoms with Crippen LogP contribution in [0.25, 0.3) is 0 Å². The first-order chi connectivity index (χ1) is 12.9. The van der Waals surface area contributed by atoms with Crippen LogP contribution in [0, 0.1) is 10.1 Å². The van der Waals surface area contributed by atoms with Crippen LogP contribution in [0.2, 0.25) is 25.7 Å². The zero-order valence-corrected chi connectivity index (χ0v) is 17.1. The molecule has 2 rings (SSSR count). The van der Waals surface area contributed by atoms with Gasteiger partial charge in [-0.3, -0.25) is 10.1 Å². The van der Waals surface area contributed by atoms with Gasteiger partial charge in [0.2, 0.25) is 5.82 Å². The van der Waals surface area contributed by atoms with Gasteiger partial charge in [-0.1, -0.05) is 19.6 Å². The number of nitrogens with zero attached hydrogens (tertiary/aromatic N) is 5. The third kappa shape index (κ3) is 5.86. The molecule has 1 aromatic heterocycles. The van der Waals surface area contributed by atoms with Crippen molar-refractivity contribution in [1.82, 2.24) is 14.7 Å². The van der Waals surface area contributed by atoms with Crippen molar-refractivity contribution in [3.05, 3.63) is 16.3 Å². The number of amides is 1. The van der Waals surface area contributed by atoms with E-state index in [0.717, 1.165) is 17.1 Å². The van der Waals surface area contributed by atoms with Crippen LogP contribution >= 0.6 is 0 Å². The summed E-state index contributed by atoms with van der Waals surface area (Å²) in [5, 5.41) is 24.3. The third-order valence-corrected chi connectivity index (χ3v) is 5.96. The number of carbonyl (C=O) groups is 1. The minimum Gasteiger partial charge on any atom is -0.465 e. The number of rotatable bonds is 7. The molecule has 1 aromatic rings. The van der Waals surface area contributed by atoms with Gasteiger partial charge in [-0.05, 0) is 6.04 Å². The van der Waals surface area contributed by atoms with Crippen LogP contribution in [0.1, 0.15) is 0 Å². The highest BCUT2D eigenvalue weighted by atomic mass is 28.3. The SMILES string of the molecule is C[Si](C)(C)CCOCn1ncc([N+](=O)[O-])c1N1CCN(C(=O)O)CC(F)(F)C1. The average molecular weight is 421 g/mol. The highest BCUT2D eigenvalue weighted by Crippen LogP contribution is 2.32. The maximum absolute atomic E-state index is 14.2. The fraction of sp³-hybridized carbons (Fsp3) is 0.733. The van der Waals surface area contributed by atoms with Gasteiger partial charge < -0.3 is 19.6 Å². The van der Waals surface area contributed by atoms with Crippen LogP contribution in [-0.4, -0.2) is 77.6 Å². The summed E-state index contributed by atoms with van der Waals surface area (Å²) in [7, 11) is -1.33. The van der Waals surface area contributed by atoms with E-state index in [4.69, 9.17) is 9.84 Å². The molecule has 1 aliphatic heterocycles. The van der Waals surface area contributed by atoms with E-state index in [1.165, 1.54) is 4.68 Å². The molecule has 0 spiro atoms. The second-order valence-corrected chi connectivity index (χ2v) is 13.6. The van der Waals surface area contributed by atoms with Crippen LogP contribution in [0.5, 0.6) is 0 Å². The van der Waals surface area contributed by atoms with Crippen molar-refractivity contribution in [3.63, 3.8) is 0 Å². The van der Waals surface area contributed by atoms with Gasteiger partial charge in [0, 0.05) is 27.8 Å². The molecule has 0 radical (unpaired) electrons. The van der Waals surface area contributed by atoms with Crippen LogP contribution in [0.15, 0.2) is 6.20 Å². The van der Waals surface area contributed by atoms with Gasteiger partial charge in [0.05, 0.1) is 18.0 Å². The zero-order valence-electron chi connectivity index (χ0n) is 16.1. The lowest BCUT2D eigenvalue weighted by molar-refractivity contribution is -0.384. The molecule has 1 aliphatic rings. The van der Waals surface area contributed by atoms with E-state index in [1.807, 2.05) is 0 Å². The minimum absolute atomic E-state index is 0.107. The number of halogens is 2. The molecular formula is C15H25F2N5O5Si. The predicted molar refractivity (Wildman–Crippen MR) is 99.7 cm³/mol. The zero-order chi connectivity index (χ0) is 21.1. The van der Waals surface area contributed by atoms with Gasteiger partial charge in [-0.25, -0.2) is 18.3 Å². The molecule has 0 unspecified atom stereocenters. The summed E-state index contributed by atoms with van der Waals surface area (Å²) in [5.41, 5.74) is -0.423. The van der Waals surface area contributed by atoms with E-state index in [9.17, 15) is 23.7 Å². The minimum atomic E-state index is -3.36. The normalized spacial score (nSPS) is 17.5. The Morgan fingerprint density at radius 1 is 1.39 bits per heavy atom. The van der Waals surface area contributed by atoms with Gasteiger partial charge in [0.1, 0.15) is 12.9 Å². The Labute approximate surface area is 161 Å². The fourth-order valence-corrected chi connectivity index (χ4v) is 3.56. The molecule has 13 heteroatoms. The molecule has 0 bridgehead atoms. The lowest BCUT2D eigenvalue weighted by atomic mass is 10.3. The summed E-state index contributed by atoms with van der Waals surface area (Å²) < 4.78 is 35.2. The first-order valence-corrected chi connectivity index (χ1v) is 12.5. The van der Waals surface area contributed by atoms with Crippen LogP contribution < -0.4 is 4.90 Å². The Hall–Kier alpha value is -2.28. The van der Waals surface area contributed by atoms with Crippen LogP contribution in [0.3, 0.4) is 0 Å². The second-order valence-electron chi connectivity index (χ2n) is 7.94. The molecule has 158 valence electrons. The van der Waals surface area contributed by atoms with Crippen molar-refractivity contribution in [2.24, 2.45) is 0 Å². The van der Waals surface area contributed by atoms with Crippen molar-refractivity contribution in [2.45, 2.75) is 38.3 Å². The Morgan fingerprint density at radius 3 is 2.64 bits per heavy atom. The Morgan fingerprint density at radius 2 is 2.07 bits per heavy atom. The van der Waals surface area contributed by atoms with E-state index in [0.29, 0.717) is 11.5 Å². The van der Waals surface area contributed by atoms with Gasteiger partial charge in [-0.15, -0.1) is 0 Å². The van der Waals surface area contributed by atoms with E-state index < -0.39 is 43.8 Å². The Bertz CT molecular complexity index is 724. The topological polar surface area (TPSA) is 114 Å². The lowest BCUT2D eigenvalue weighted by Gasteiger charge is -2.25. The average Bonchev–Trinajstić information content (AvgIpc) is 2.89. The molecule has 1 N–H and O–H groups in total. The fourth-order valence-electron chi connectivity index (χ4n) is 2.80. The molecule has 0 aliphatic carbocycles. The first kappa shape index (κ1) is 22.0. The Kier molecular flexibility index (Phi) is 6.59. The quantitative estimate of drug-likeness (QED) is 0.311. The number of hydrogen-bond acceptors (Lipinski definition) is 6. The summed E-state index contributed by atoms with van der Waals surface area (Å²) >= 11 is 0. The number of nitro groups is 1. The van der Waals surface area contributed by atoms with Gasteiger partial charge in [-0.2, -0.15) is 5.10 Å². The van der Waals surface area contributed by atoms with Gasteiger partial charge in [0.15, 0.2) is 0 Å². The maximum Gasteiger partial charge on any atom is 0.407 e. The summed E-state index contributed by atoms with van der Waals surface area (Å²) in [5.74, 6) is -3.47. The molecule has 0 aromatic carbocycles. The van der Waals surface area contributed by atoms with E-state index >= 15 is 0 Å². The molecule has 28 heavy (non-hydrogen) atoms. The van der Waals surface area contributed by atoms with Crippen molar-refractivity contribution >= 4 is 25.7 Å². The summed E-state index contributed by atoms with van der Waals surface area (Å²) in [6.07, 6.45) is -0.464. The molecule has 0 atom stereocenters. The molecule has 1 amide bonds. The van der Waals surface area contributed by atoms with Crippen molar-refractivity contribution in [3.8, 4) is 0 Å². The van der Waals surface area contributed by atoms with Gasteiger partial charge in [0.25, 0.3) is 5.92 Å². The van der Waals surface area contributed by atoms with Crippen LogP contribution in [-0.2, 0) is 11.5 Å². The highest BCUT2D eigenvalue weighted by Gasteiger charge is 2.41. The summed E-state index contributed by atoms with van der Waals surface area (Å²) in [4.78, 5) is 23.5. The summed E-state index contributed by atoms with van der Waals surface area (Å²) in [6, 6.07) is 0.876. The smallest absolute Gasteiger partial charge is 0.407 e. The monoisotopic (exact) mass is 421 g/mol. The highest BCUT2D eigenvalue weighted by molar-refractivity contribution is 6.76. The second kappa shape index (κ2) is 8.39. The molecule has 2 heterocycles.